The summed E-state index contributed by atoms with van der Waals surface area (Å²) in [5.41, 5.74) is 3.80. The topological polar surface area (TPSA) is 131 Å². The number of aromatic nitrogens is 1. The van der Waals surface area contributed by atoms with Gasteiger partial charge in [-0.1, -0.05) is 6.07 Å². The maximum atomic E-state index is 12.8. The fraction of sp³-hybridized carbons (Fsp3) is 0.273. The number of sulfonamides is 1. The number of carbonyl (C=O) groups excluding carboxylic acids is 1. The summed E-state index contributed by atoms with van der Waals surface area (Å²) in [5, 5.41) is 6.53. The van der Waals surface area contributed by atoms with Gasteiger partial charge in [0.25, 0.3) is 5.91 Å². The third kappa shape index (κ3) is 8.43. The summed E-state index contributed by atoms with van der Waals surface area (Å²) in [5.74, 6) is 2.18. The van der Waals surface area contributed by atoms with Gasteiger partial charge in [-0.2, -0.15) is 0 Å². The van der Waals surface area contributed by atoms with Gasteiger partial charge in [0.05, 0.1) is 6.26 Å². The first-order valence-corrected chi connectivity index (χ1v) is 16.7. The van der Waals surface area contributed by atoms with Crippen LogP contribution in [0.4, 0.5) is 17.1 Å². The fourth-order valence-corrected chi connectivity index (χ4v) is 5.83. The summed E-state index contributed by atoms with van der Waals surface area (Å²) in [6, 6.07) is 23.8. The molecule has 2 aliphatic rings. The number of nitrogens with zero attached hydrogens (tertiary/aromatic N) is 2. The van der Waals surface area contributed by atoms with E-state index in [4.69, 9.17) is 14.2 Å². The maximum Gasteiger partial charge on any atom is 0.255 e. The van der Waals surface area contributed by atoms with Crippen LogP contribution in [0.15, 0.2) is 85.1 Å². The SMILES string of the molecule is CS(=O)(=O)Nc1ccc(Oc2ccc(CN3CCC(Nc4ccc(C(=O)Nc5ccc6c(c5)OCCO6)cc4)CC3)cn2)cc1. The molecular formula is C33H35N5O6S. The Balaban J connectivity index is 0.933. The number of piperidine rings is 1. The summed E-state index contributed by atoms with van der Waals surface area (Å²) in [6.45, 7) is 3.74. The molecule has 0 radical (unpaired) electrons. The van der Waals surface area contributed by atoms with Gasteiger partial charge in [0.2, 0.25) is 15.9 Å². The molecule has 1 fully saturated rings. The monoisotopic (exact) mass is 629 g/mol. The van der Waals surface area contributed by atoms with Crippen molar-refractivity contribution < 1.29 is 27.4 Å². The lowest BCUT2D eigenvalue weighted by Gasteiger charge is -2.32. The number of likely N-dealkylation sites (tertiary alicyclic amines) is 1. The highest BCUT2D eigenvalue weighted by Crippen LogP contribution is 2.33. The highest BCUT2D eigenvalue weighted by Gasteiger charge is 2.20. The van der Waals surface area contributed by atoms with E-state index in [0.717, 1.165) is 50.0 Å². The lowest BCUT2D eigenvalue weighted by atomic mass is 10.0. The largest absolute Gasteiger partial charge is 0.486 e. The van der Waals surface area contributed by atoms with Crippen LogP contribution in [0.2, 0.25) is 0 Å². The molecule has 3 aromatic carbocycles. The Bertz CT molecular complexity index is 1720. The van der Waals surface area contributed by atoms with Crippen molar-refractivity contribution in [2.75, 3.05) is 47.9 Å². The van der Waals surface area contributed by atoms with E-state index >= 15 is 0 Å². The van der Waals surface area contributed by atoms with E-state index in [2.05, 4.69) is 25.2 Å². The van der Waals surface area contributed by atoms with Gasteiger partial charge in [-0.05, 0) is 79.1 Å². The first-order chi connectivity index (χ1) is 21.8. The van der Waals surface area contributed by atoms with E-state index in [0.29, 0.717) is 59.3 Å². The normalized spacial score (nSPS) is 15.2. The molecule has 4 aromatic rings. The summed E-state index contributed by atoms with van der Waals surface area (Å²) in [4.78, 5) is 19.6. The molecule has 0 atom stereocenters. The zero-order valence-corrected chi connectivity index (χ0v) is 25.7. The number of rotatable bonds is 10. The zero-order chi connectivity index (χ0) is 31.2. The number of pyridine rings is 1. The molecule has 0 aliphatic carbocycles. The van der Waals surface area contributed by atoms with Crippen LogP contribution in [-0.2, 0) is 16.6 Å². The standard InChI is InChI=1S/C33H35N5O6S/c1-45(40,41)37-27-7-10-29(11-8-27)44-32-13-2-23(21-34-32)22-38-16-14-26(15-17-38)35-25-5-3-24(4-6-25)33(39)36-28-9-12-30-31(20-28)43-19-18-42-30/h2-13,20-21,26,35,37H,14-19,22H2,1H3,(H,36,39). The Hall–Kier alpha value is -4.81. The van der Waals surface area contributed by atoms with Crippen LogP contribution in [0.5, 0.6) is 23.1 Å². The quantitative estimate of drug-likeness (QED) is 0.213. The van der Waals surface area contributed by atoms with Gasteiger partial charge in [0.1, 0.15) is 19.0 Å². The van der Waals surface area contributed by atoms with E-state index in [9.17, 15) is 13.2 Å². The summed E-state index contributed by atoms with van der Waals surface area (Å²) in [7, 11) is -3.33. The minimum atomic E-state index is -3.33. The number of carbonyl (C=O) groups is 1. The van der Waals surface area contributed by atoms with Gasteiger partial charge >= 0.3 is 0 Å². The van der Waals surface area contributed by atoms with Crippen LogP contribution in [0.3, 0.4) is 0 Å². The molecule has 6 rings (SSSR count). The summed E-state index contributed by atoms with van der Waals surface area (Å²) < 4.78 is 42.1. The van der Waals surface area contributed by atoms with E-state index in [-0.39, 0.29) is 5.91 Å². The molecule has 2 aliphatic heterocycles. The average molecular weight is 630 g/mol. The second-order valence-corrected chi connectivity index (χ2v) is 12.8. The minimum absolute atomic E-state index is 0.182. The van der Waals surface area contributed by atoms with Gasteiger partial charge in [-0.15, -0.1) is 0 Å². The van der Waals surface area contributed by atoms with Crippen LogP contribution >= 0.6 is 0 Å². The van der Waals surface area contributed by atoms with Crippen LogP contribution in [0.25, 0.3) is 0 Å². The van der Waals surface area contributed by atoms with E-state index in [1.54, 1.807) is 42.5 Å². The second kappa shape index (κ2) is 13.4. The average Bonchev–Trinajstić information content (AvgIpc) is 3.03. The summed E-state index contributed by atoms with van der Waals surface area (Å²) in [6.07, 6.45) is 4.94. The van der Waals surface area contributed by atoms with Gasteiger partial charge in [0.15, 0.2) is 11.5 Å². The molecule has 0 bridgehead atoms. The first-order valence-electron chi connectivity index (χ1n) is 14.8. The third-order valence-electron chi connectivity index (χ3n) is 7.49. The predicted octanol–water partition coefficient (Wildman–Crippen LogP) is 5.35. The fourth-order valence-electron chi connectivity index (χ4n) is 5.26. The molecule has 1 amide bonds. The van der Waals surface area contributed by atoms with Crippen molar-refractivity contribution in [1.82, 2.24) is 9.88 Å². The number of fused-ring (bicyclic) bond motifs is 1. The lowest BCUT2D eigenvalue weighted by Crippen LogP contribution is -2.38. The van der Waals surface area contributed by atoms with Gasteiger partial charge in [-0.3, -0.25) is 14.4 Å². The number of hydrogen-bond acceptors (Lipinski definition) is 9. The maximum absolute atomic E-state index is 12.8. The Morgan fingerprint density at radius 1 is 0.889 bits per heavy atom. The van der Waals surface area contributed by atoms with E-state index in [1.165, 1.54) is 0 Å². The Labute approximate surface area is 262 Å². The molecule has 3 heterocycles. The molecule has 45 heavy (non-hydrogen) atoms. The van der Waals surface area contributed by atoms with E-state index in [1.807, 2.05) is 42.6 Å². The molecule has 0 saturated carbocycles. The molecular weight excluding hydrogens is 594 g/mol. The highest BCUT2D eigenvalue weighted by atomic mass is 32.2. The van der Waals surface area contributed by atoms with E-state index < -0.39 is 10.0 Å². The summed E-state index contributed by atoms with van der Waals surface area (Å²) >= 11 is 0. The van der Waals surface area contributed by atoms with Crippen molar-refractivity contribution in [1.29, 1.82) is 0 Å². The minimum Gasteiger partial charge on any atom is -0.486 e. The van der Waals surface area contributed by atoms with Crippen molar-refractivity contribution in [3.05, 3.63) is 96.2 Å². The second-order valence-electron chi connectivity index (χ2n) is 11.1. The lowest BCUT2D eigenvalue weighted by molar-refractivity contribution is 0.102. The molecule has 234 valence electrons. The number of ether oxygens (including phenoxy) is 3. The van der Waals surface area contributed by atoms with Gasteiger partial charge < -0.3 is 24.8 Å². The van der Waals surface area contributed by atoms with Crippen molar-refractivity contribution in [3.8, 4) is 23.1 Å². The molecule has 1 saturated heterocycles. The van der Waals surface area contributed by atoms with Crippen molar-refractivity contribution in [3.63, 3.8) is 0 Å². The molecule has 12 heteroatoms. The van der Waals surface area contributed by atoms with Crippen molar-refractivity contribution in [2.24, 2.45) is 0 Å². The zero-order valence-electron chi connectivity index (χ0n) is 24.9. The number of benzene rings is 3. The van der Waals surface area contributed by atoms with Crippen LogP contribution in [-0.4, -0.2) is 62.8 Å². The molecule has 0 unspecified atom stereocenters. The van der Waals surface area contributed by atoms with Crippen LogP contribution in [0, 0.1) is 0 Å². The van der Waals surface area contributed by atoms with Gasteiger partial charge in [-0.25, -0.2) is 13.4 Å². The number of amides is 1. The molecule has 1 aromatic heterocycles. The number of anilines is 3. The smallest absolute Gasteiger partial charge is 0.255 e. The van der Waals surface area contributed by atoms with Crippen LogP contribution in [0.1, 0.15) is 28.8 Å². The molecule has 0 spiro atoms. The number of hydrogen-bond donors (Lipinski definition) is 3. The molecule has 3 N–H and O–H groups in total. The third-order valence-corrected chi connectivity index (χ3v) is 8.10. The Morgan fingerprint density at radius 2 is 1.58 bits per heavy atom. The Morgan fingerprint density at radius 3 is 2.27 bits per heavy atom. The Kier molecular flexibility index (Phi) is 9.03. The highest BCUT2D eigenvalue weighted by molar-refractivity contribution is 7.92. The van der Waals surface area contributed by atoms with Crippen molar-refractivity contribution in [2.45, 2.75) is 25.4 Å². The van der Waals surface area contributed by atoms with Crippen LogP contribution < -0.4 is 29.6 Å². The number of nitrogens with one attached hydrogen (secondary N) is 3. The predicted molar refractivity (Wildman–Crippen MR) is 173 cm³/mol. The molecule has 11 nitrogen and oxygen atoms in total. The first kappa shape index (κ1) is 30.2. The van der Waals surface area contributed by atoms with Crippen molar-refractivity contribution >= 4 is 33.0 Å². The van der Waals surface area contributed by atoms with Gasteiger partial charge in [0, 0.05) is 66.6 Å².